The maximum absolute atomic E-state index is 12.1. The molecular weight excluding hydrogens is 328 g/mol. The molecule has 1 aliphatic rings. The standard InChI is InChI=1S/C19H20N6O/c26-19(21-12-16-7-4-9-22-24-16)23-15-6-3-5-14(11-15)18-20-13-17-8-1-2-10-25(17)18/h3-7,9,11,13H,1-2,8,10,12H2,(H2,21,23,26). The van der Waals surface area contributed by atoms with Gasteiger partial charge in [-0.25, -0.2) is 9.78 Å². The Morgan fingerprint density at radius 1 is 1.19 bits per heavy atom. The molecule has 1 aromatic carbocycles. The second kappa shape index (κ2) is 7.35. The normalized spacial score (nSPS) is 13.1. The number of hydrogen-bond donors (Lipinski definition) is 2. The number of fused-ring (bicyclic) bond motifs is 1. The smallest absolute Gasteiger partial charge is 0.319 e. The third kappa shape index (κ3) is 3.56. The number of nitrogens with one attached hydrogen (secondary N) is 2. The first-order valence-corrected chi connectivity index (χ1v) is 8.76. The molecule has 0 saturated carbocycles. The van der Waals surface area contributed by atoms with E-state index in [0.29, 0.717) is 12.2 Å². The van der Waals surface area contributed by atoms with Crippen molar-refractivity contribution >= 4 is 11.7 Å². The van der Waals surface area contributed by atoms with Crippen LogP contribution in [-0.2, 0) is 19.5 Å². The first-order chi connectivity index (χ1) is 12.8. The van der Waals surface area contributed by atoms with Gasteiger partial charge in [-0.2, -0.15) is 10.2 Å². The predicted octanol–water partition coefficient (Wildman–Crippen LogP) is 3.00. The van der Waals surface area contributed by atoms with Crippen LogP contribution < -0.4 is 10.6 Å². The zero-order chi connectivity index (χ0) is 17.8. The number of aryl methyl sites for hydroxylation is 1. The molecule has 0 fully saturated rings. The van der Waals surface area contributed by atoms with Gasteiger partial charge in [0, 0.05) is 35.9 Å². The fraction of sp³-hybridized carbons (Fsp3) is 0.263. The van der Waals surface area contributed by atoms with E-state index in [1.165, 1.54) is 18.5 Å². The summed E-state index contributed by atoms with van der Waals surface area (Å²) in [4.78, 5) is 16.7. The SMILES string of the molecule is O=C(NCc1cccnn1)Nc1cccc(-c2ncc3n2CCCC3)c1. The molecule has 4 rings (SSSR count). The molecule has 0 atom stereocenters. The van der Waals surface area contributed by atoms with Gasteiger partial charge in [-0.15, -0.1) is 0 Å². The summed E-state index contributed by atoms with van der Waals surface area (Å²) in [6.07, 6.45) is 7.04. The molecule has 7 heteroatoms. The first kappa shape index (κ1) is 16.3. The fourth-order valence-corrected chi connectivity index (χ4v) is 3.18. The minimum absolute atomic E-state index is 0.280. The largest absolute Gasteiger partial charge is 0.332 e. The van der Waals surface area contributed by atoms with E-state index in [1.54, 1.807) is 12.3 Å². The Kier molecular flexibility index (Phi) is 4.59. The Labute approximate surface area is 151 Å². The van der Waals surface area contributed by atoms with Gasteiger partial charge in [0.15, 0.2) is 0 Å². The van der Waals surface area contributed by atoms with Crippen molar-refractivity contribution in [2.45, 2.75) is 32.4 Å². The van der Waals surface area contributed by atoms with Crippen LogP contribution in [0.25, 0.3) is 11.4 Å². The van der Waals surface area contributed by atoms with Gasteiger partial charge >= 0.3 is 6.03 Å². The topological polar surface area (TPSA) is 84.7 Å². The zero-order valence-electron chi connectivity index (χ0n) is 14.4. The van der Waals surface area contributed by atoms with Crippen LogP contribution in [0, 0.1) is 0 Å². The van der Waals surface area contributed by atoms with E-state index < -0.39 is 0 Å². The third-order valence-electron chi connectivity index (χ3n) is 4.44. The van der Waals surface area contributed by atoms with E-state index in [2.05, 4.69) is 30.4 Å². The predicted molar refractivity (Wildman–Crippen MR) is 98.5 cm³/mol. The quantitative estimate of drug-likeness (QED) is 0.759. The number of imidazole rings is 1. The summed E-state index contributed by atoms with van der Waals surface area (Å²) in [5.74, 6) is 0.961. The van der Waals surface area contributed by atoms with Gasteiger partial charge in [0.2, 0.25) is 0 Å². The summed E-state index contributed by atoms with van der Waals surface area (Å²) in [6.45, 7) is 1.33. The van der Waals surface area contributed by atoms with Gasteiger partial charge in [-0.3, -0.25) is 0 Å². The van der Waals surface area contributed by atoms with E-state index in [9.17, 15) is 4.79 Å². The molecule has 132 valence electrons. The zero-order valence-corrected chi connectivity index (χ0v) is 14.4. The van der Waals surface area contributed by atoms with Crippen molar-refractivity contribution in [3.8, 4) is 11.4 Å². The molecule has 3 heterocycles. The molecule has 0 saturated heterocycles. The fourth-order valence-electron chi connectivity index (χ4n) is 3.18. The molecule has 0 radical (unpaired) electrons. The lowest BCUT2D eigenvalue weighted by atomic mass is 10.1. The molecule has 7 nitrogen and oxygen atoms in total. The number of hydrogen-bond acceptors (Lipinski definition) is 4. The molecule has 2 N–H and O–H groups in total. The highest BCUT2D eigenvalue weighted by molar-refractivity contribution is 5.89. The summed E-state index contributed by atoms with van der Waals surface area (Å²) >= 11 is 0. The van der Waals surface area contributed by atoms with Gasteiger partial charge in [-0.1, -0.05) is 12.1 Å². The monoisotopic (exact) mass is 348 g/mol. The molecule has 0 bridgehead atoms. The Hall–Kier alpha value is -3.22. The Bertz CT molecular complexity index is 905. The molecule has 3 aromatic rings. The lowest BCUT2D eigenvalue weighted by Gasteiger charge is -2.17. The average molecular weight is 348 g/mol. The third-order valence-corrected chi connectivity index (χ3v) is 4.44. The van der Waals surface area contributed by atoms with E-state index in [4.69, 9.17) is 0 Å². The minimum Gasteiger partial charge on any atom is -0.332 e. The molecule has 2 aromatic heterocycles. The van der Waals surface area contributed by atoms with Crippen LogP contribution in [0.4, 0.5) is 10.5 Å². The van der Waals surface area contributed by atoms with Gasteiger partial charge in [0.25, 0.3) is 0 Å². The summed E-state index contributed by atoms with van der Waals surface area (Å²) < 4.78 is 2.27. The van der Waals surface area contributed by atoms with Gasteiger partial charge < -0.3 is 15.2 Å². The van der Waals surface area contributed by atoms with E-state index in [1.807, 2.05) is 36.5 Å². The Morgan fingerprint density at radius 3 is 3.04 bits per heavy atom. The highest BCUT2D eigenvalue weighted by Gasteiger charge is 2.15. The Morgan fingerprint density at radius 2 is 2.15 bits per heavy atom. The molecule has 0 spiro atoms. The van der Waals surface area contributed by atoms with E-state index in [0.717, 1.165) is 30.0 Å². The maximum atomic E-state index is 12.1. The van der Waals surface area contributed by atoms with Crippen molar-refractivity contribution in [2.75, 3.05) is 5.32 Å². The summed E-state index contributed by atoms with van der Waals surface area (Å²) in [5.41, 5.74) is 3.73. The lowest BCUT2D eigenvalue weighted by molar-refractivity contribution is 0.251. The molecule has 0 aliphatic carbocycles. The van der Waals surface area contributed by atoms with Crippen molar-refractivity contribution < 1.29 is 4.79 Å². The number of benzene rings is 1. The number of amides is 2. The maximum Gasteiger partial charge on any atom is 0.319 e. The van der Waals surface area contributed by atoms with Gasteiger partial charge in [0.05, 0.1) is 12.2 Å². The van der Waals surface area contributed by atoms with Crippen LogP contribution in [0.1, 0.15) is 24.2 Å². The number of aromatic nitrogens is 4. The second-order valence-electron chi connectivity index (χ2n) is 6.29. The molecular formula is C19H20N6O. The average Bonchev–Trinajstić information content (AvgIpc) is 3.12. The molecule has 2 amide bonds. The van der Waals surface area contributed by atoms with Crippen LogP contribution in [0.3, 0.4) is 0 Å². The van der Waals surface area contributed by atoms with Crippen LogP contribution in [0.5, 0.6) is 0 Å². The van der Waals surface area contributed by atoms with Crippen molar-refractivity contribution in [1.29, 1.82) is 0 Å². The second-order valence-corrected chi connectivity index (χ2v) is 6.29. The first-order valence-electron chi connectivity index (χ1n) is 8.76. The summed E-state index contributed by atoms with van der Waals surface area (Å²) in [5, 5.41) is 13.4. The number of anilines is 1. The van der Waals surface area contributed by atoms with Gasteiger partial charge in [0.1, 0.15) is 5.82 Å². The van der Waals surface area contributed by atoms with Crippen molar-refractivity contribution in [2.24, 2.45) is 0 Å². The van der Waals surface area contributed by atoms with Crippen molar-refractivity contribution in [3.63, 3.8) is 0 Å². The number of carbonyl (C=O) groups excluding carboxylic acids is 1. The molecule has 1 aliphatic heterocycles. The van der Waals surface area contributed by atoms with Crippen LogP contribution >= 0.6 is 0 Å². The van der Waals surface area contributed by atoms with Crippen LogP contribution in [0.2, 0.25) is 0 Å². The van der Waals surface area contributed by atoms with Gasteiger partial charge in [-0.05, 0) is 43.5 Å². The molecule has 0 unspecified atom stereocenters. The van der Waals surface area contributed by atoms with Crippen molar-refractivity contribution in [1.82, 2.24) is 25.1 Å². The number of carbonyl (C=O) groups is 1. The number of urea groups is 1. The highest BCUT2D eigenvalue weighted by atomic mass is 16.2. The van der Waals surface area contributed by atoms with E-state index in [-0.39, 0.29) is 6.03 Å². The molecule has 26 heavy (non-hydrogen) atoms. The highest BCUT2D eigenvalue weighted by Crippen LogP contribution is 2.26. The number of rotatable bonds is 4. The van der Waals surface area contributed by atoms with Crippen LogP contribution in [-0.4, -0.2) is 25.8 Å². The summed E-state index contributed by atoms with van der Waals surface area (Å²) in [6, 6.07) is 11.1. The lowest BCUT2D eigenvalue weighted by Crippen LogP contribution is -2.28. The minimum atomic E-state index is -0.280. The van der Waals surface area contributed by atoms with Crippen LogP contribution in [0.15, 0.2) is 48.8 Å². The van der Waals surface area contributed by atoms with Crippen molar-refractivity contribution in [3.05, 3.63) is 60.2 Å². The van der Waals surface area contributed by atoms with E-state index >= 15 is 0 Å². The number of nitrogens with zero attached hydrogens (tertiary/aromatic N) is 4. The Balaban J connectivity index is 1.44. The summed E-state index contributed by atoms with van der Waals surface area (Å²) in [7, 11) is 0.